The van der Waals surface area contributed by atoms with E-state index in [9.17, 15) is 4.79 Å². The molecule has 0 bridgehead atoms. The average molecular weight is 306 g/mol. The molecule has 2 heterocycles. The lowest BCUT2D eigenvalue weighted by Gasteiger charge is -2.34. The van der Waals surface area contributed by atoms with Gasteiger partial charge in [-0.25, -0.2) is 0 Å². The van der Waals surface area contributed by atoms with Gasteiger partial charge in [-0.05, 0) is 31.9 Å². The Labute approximate surface area is 122 Å². The monoisotopic (exact) mass is 305 g/mol. The van der Waals surface area contributed by atoms with Crippen LogP contribution >= 0.6 is 34.5 Å². The first-order chi connectivity index (χ1) is 8.61. The van der Waals surface area contributed by atoms with Crippen LogP contribution < -0.4 is 0 Å². The molecule has 1 aliphatic rings. The summed E-state index contributed by atoms with van der Waals surface area (Å²) in [7, 11) is 0. The van der Waals surface area contributed by atoms with E-state index in [0.717, 1.165) is 13.0 Å². The molecule has 1 unspecified atom stereocenters. The molecule has 1 atom stereocenters. The lowest BCUT2D eigenvalue weighted by Crippen LogP contribution is -2.42. The van der Waals surface area contributed by atoms with Crippen LogP contribution in [0.2, 0.25) is 8.67 Å². The Morgan fingerprint density at radius 3 is 2.89 bits per heavy atom. The zero-order chi connectivity index (χ0) is 13.1. The Bertz CT molecular complexity index is 433. The third kappa shape index (κ3) is 3.27. The highest BCUT2D eigenvalue weighted by Gasteiger charge is 2.24. The second-order valence-electron chi connectivity index (χ2n) is 4.69. The predicted octanol–water partition coefficient (Wildman–Crippen LogP) is 4.50. The standard InChI is InChI=1S/C13H17Cl2NOS/c1-2-9-5-3-4-6-16(9)8-11(17)10-7-12(14)18-13(10)15/h7,9H,2-6,8H2,1H3. The van der Waals surface area contributed by atoms with Crippen molar-refractivity contribution < 1.29 is 4.79 Å². The van der Waals surface area contributed by atoms with Crippen LogP contribution in [0.25, 0.3) is 0 Å². The van der Waals surface area contributed by atoms with Gasteiger partial charge < -0.3 is 0 Å². The van der Waals surface area contributed by atoms with Gasteiger partial charge >= 0.3 is 0 Å². The van der Waals surface area contributed by atoms with Crippen LogP contribution in [0.5, 0.6) is 0 Å². The topological polar surface area (TPSA) is 20.3 Å². The fourth-order valence-electron chi connectivity index (χ4n) is 2.53. The maximum absolute atomic E-state index is 12.2. The summed E-state index contributed by atoms with van der Waals surface area (Å²) in [6, 6.07) is 2.22. The van der Waals surface area contributed by atoms with Gasteiger partial charge in [0.15, 0.2) is 5.78 Å². The van der Waals surface area contributed by atoms with Crippen LogP contribution in [0.4, 0.5) is 0 Å². The highest BCUT2D eigenvalue weighted by molar-refractivity contribution is 7.20. The molecule has 0 spiro atoms. The van der Waals surface area contributed by atoms with Gasteiger partial charge in [-0.1, -0.05) is 36.5 Å². The Morgan fingerprint density at radius 1 is 1.50 bits per heavy atom. The summed E-state index contributed by atoms with van der Waals surface area (Å²) in [6.07, 6.45) is 4.75. The van der Waals surface area contributed by atoms with E-state index in [-0.39, 0.29) is 5.78 Å². The molecule has 0 N–H and O–H groups in total. The van der Waals surface area contributed by atoms with Crippen molar-refractivity contribution in [2.24, 2.45) is 0 Å². The molecule has 2 rings (SSSR count). The van der Waals surface area contributed by atoms with E-state index < -0.39 is 0 Å². The molecule has 100 valence electrons. The summed E-state index contributed by atoms with van der Waals surface area (Å²) in [6.45, 7) is 3.66. The highest BCUT2D eigenvalue weighted by atomic mass is 35.5. The van der Waals surface area contributed by atoms with Gasteiger partial charge in [-0.3, -0.25) is 9.69 Å². The van der Waals surface area contributed by atoms with Crippen molar-refractivity contribution in [1.29, 1.82) is 0 Å². The molecule has 2 nitrogen and oxygen atoms in total. The number of nitrogens with zero attached hydrogens (tertiary/aromatic N) is 1. The van der Waals surface area contributed by atoms with Gasteiger partial charge in [0.25, 0.3) is 0 Å². The van der Waals surface area contributed by atoms with Crippen molar-refractivity contribution in [2.75, 3.05) is 13.1 Å². The minimum atomic E-state index is 0.0866. The fraction of sp³-hybridized carbons (Fsp3) is 0.615. The van der Waals surface area contributed by atoms with Crippen molar-refractivity contribution in [1.82, 2.24) is 4.90 Å². The number of halogens is 2. The number of thiophene rings is 1. The zero-order valence-electron chi connectivity index (χ0n) is 10.4. The molecule has 0 saturated carbocycles. The third-order valence-corrected chi connectivity index (χ3v) is 5.01. The van der Waals surface area contributed by atoms with E-state index >= 15 is 0 Å². The Morgan fingerprint density at radius 2 is 2.28 bits per heavy atom. The maximum atomic E-state index is 12.2. The summed E-state index contributed by atoms with van der Waals surface area (Å²) < 4.78 is 1.09. The Hall–Kier alpha value is -0.0900. The Balaban J connectivity index is 2.04. The molecule has 1 fully saturated rings. The largest absolute Gasteiger partial charge is 0.293 e. The molecule has 1 aliphatic heterocycles. The predicted molar refractivity (Wildman–Crippen MR) is 78.2 cm³/mol. The van der Waals surface area contributed by atoms with Gasteiger partial charge in [0, 0.05) is 6.04 Å². The van der Waals surface area contributed by atoms with Gasteiger partial charge in [0.1, 0.15) is 4.34 Å². The summed E-state index contributed by atoms with van der Waals surface area (Å²) in [4.78, 5) is 14.5. The SMILES string of the molecule is CCC1CCCCN1CC(=O)c1cc(Cl)sc1Cl. The quantitative estimate of drug-likeness (QED) is 0.763. The molecular formula is C13H17Cl2NOS. The number of piperidine rings is 1. The maximum Gasteiger partial charge on any atom is 0.179 e. The number of hydrogen-bond acceptors (Lipinski definition) is 3. The van der Waals surface area contributed by atoms with E-state index in [0.29, 0.717) is 26.8 Å². The number of carbonyl (C=O) groups excluding carboxylic acids is 1. The van der Waals surface area contributed by atoms with Gasteiger partial charge in [0.2, 0.25) is 0 Å². The van der Waals surface area contributed by atoms with Crippen molar-refractivity contribution >= 4 is 40.3 Å². The van der Waals surface area contributed by atoms with Crippen LogP contribution in [0.3, 0.4) is 0 Å². The zero-order valence-corrected chi connectivity index (χ0v) is 12.7. The van der Waals surface area contributed by atoms with Crippen molar-refractivity contribution in [3.05, 3.63) is 20.3 Å². The van der Waals surface area contributed by atoms with E-state index in [1.165, 1.54) is 30.6 Å². The molecule has 0 radical (unpaired) electrons. The van der Waals surface area contributed by atoms with Crippen molar-refractivity contribution in [3.63, 3.8) is 0 Å². The number of Topliss-reactive ketones (excluding diaryl/α,β-unsaturated/α-hetero) is 1. The summed E-state index contributed by atoms with van der Waals surface area (Å²) in [5.74, 6) is 0.0866. The molecular weight excluding hydrogens is 289 g/mol. The molecule has 0 aliphatic carbocycles. The van der Waals surface area contributed by atoms with Crippen molar-refractivity contribution in [2.45, 2.75) is 38.6 Å². The minimum Gasteiger partial charge on any atom is -0.293 e. The molecule has 1 aromatic rings. The van der Waals surface area contributed by atoms with E-state index in [2.05, 4.69) is 11.8 Å². The highest BCUT2D eigenvalue weighted by Crippen LogP contribution is 2.32. The number of carbonyl (C=O) groups is 1. The molecule has 0 amide bonds. The molecule has 18 heavy (non-hydrogen) atoms. The molecule has 5 heteroatoms. The third-order valence-electron chi connectivity index (χ3n) is 3.52. The Kier molecular flexibility index (Phi) is 5.07. The van der Waals surface area contributed by atoms with Crippen LogP contribution in [-0.4, -0.2) is 29.8 Å². The van der Waals surface area contributed by atoms with Crippen LogP contribution in [0, 0.1) is 0 Å². The average Bonchev–Trinajstić information content (AvgIpc) is 2.69. The second-order valence-corrected chi connectivity index (χ2v) is 6.97. The fourth-order valence-corrected chi connectivity index (χ4v) is 4.03. The normalized spacial score (nSPS) is 21.2. The van der Waals surface area contributed by atoms with E-state index in [4.69, 9.17) is 23.2 Å². The first-order valence-corrected chi connectivity index (χ1v) is 7.91. The van der Waals surface area contributed by atoms with E-state index in [1.54, 1.807) is 6.07 Å². The number of likely N-dealkylation sites (tertiary alicyclic amines) is 1. The summed E-state index contributed by atoms with van der Waals surface area (Å²) in [5.41, 5.74) is 0.576. The molecule has 1 saturated heterocycles. The van der Waals surface area contributed by atoms with Crippen LogP contribution in [0.15, 0.2) is 6.07 Å². The van der Waals surface area contributed by atoms with Gasteiger partial charge in [-0.2, -0.15) is 0 Å². The lowest BCUT2D eigenvalue weighted by atomic mass is 9.99. The van der Waals surface area contributed by atoms with Crippen LogP contribution in [-0.2, 0) is 0 Å². The van der Waals surface area contributed by atoms with Crippen molar-refractivity contribution in [3.8, 4) is 0 Å². The second kappa shape index (κ2) is 6.38. The summed E-state index contributed by atoms with van der Waals surface area (Å²) in [5, 5.41) is 0. The van der Waals surface area contributed by atoms with Gasteiger partial charge in [0.05, 0.1) is 16.4 Å². The van der Waals surface area contributed by atoms with Gasteiger partial charge in [-0.15, -0.1) is 11.3 Å². The molecule has 0 aromatic carbocycles. The smallest absolute Gasteiger partial charge is 0.179 e. The summed E-state index contributed by atoms with van der Waals surface area (Å²) >= 11 is 13.2. The lowest BCUT2D eigenvalue weighted by molar-refractivity contribution is 0.0839. The number of hydrogen-bond donors (Lipinski definition) is 0. The first kappa shape index (κ1) is 14.3. The molecule has 1 aromatic heterocycles. The minimum absolute atomic E-state index is 0.0866. The number of ketones is 1. The first-order valence-electron chi connectivity index (χ1n) is 6.34. The number of rotatable bonds is 4. The van der Waals surface area contributed by atoms with Crippen LogP contribution in [0.1, 0.15) is 43.0 Å². The van der Waals surface area contributed by atoms with E-state index in [1.807, 2.05) is 0 Å².